The van der Waals surface area contributed by atoms with Crippen LogP contribution in [0.25, 0.3) is 5.65 Å². The number of benzene rings is 1. The summed E-state index contributed by atoms with van der Waals surface area (Å²) in [4.78, 5) is 15.8. The van der Waals surface area contributed by atoms with E-state index in [2.05, 4.69) is 10.2 Å². The summed E-state index contributed by atoms with van der Waals surface area (Å²) in [6.07, 6.45) is 4.13. The summed E-state index contributed by atoms with van der Waals surface area (Å²) in [5, 5.41) is 13.9. The van der Waals surface area contributed by atoms with Crippen LogP contribution in [0.3, 0.4) is 0 Å². The van der Waals surface area contributed by atoms with Gasteiger partial charge in [0.05, 0.1) is 22.6 Å². The minimum atomic E-state index is -0.279. The second-order valence-corrected chi connectivity index (χ2v) is 8.93. The van der Waals surface area contributed by atoms with Crippen LogP contribution in [0.5, 0.6) is 0 Å². The summed E-state index contributed by atoms with van der Waals surface area (Å²) in [6, 6.07) is 9.45. The second-order valence-electron chi connectivity index (χ2n) is 8.49. The van der Waals surface area contributed by atoms with Gasteiger partial charge in [0.25, 0.3) is 5.91 Å². The topological polar surface area (TPSA) is 68.3 Å². The summed E-state index contributed by atoms with van der Waals surface area (Å²) < 4.78 is 3.83. The molecular formula is C23H21ClN6O. The average molecular weight is 433 g/mol. The third-order valence-electron chi connectivity index (χ3n) is 6.34. The van der Waals surface area contributed by atoms with E-state index in [0.717, 1.165) is 58.1 Å². The first kappa shape index (κ1) is 18.6. The highest BCUT2D eigenvalue weighted by atomic mass is 35.5. The van der Waals surface area contributed by atoms with Crippen LogP contribution in [0.1, 0.15) is 63.5 Å². The smallest absolute Gasteiger partial charge is 0.263 e. The van der Waals surface area contributed by atoms with Crippen LogP contribution in [0, 0.1) is 13.8 Å². The number of anilines is 1. The standard InChI is InChI=1S/C23H21ClN6O/c1-12-10-17(11-29-13(2)25-26-22(12)29)30-20(15-6-8-16(24)9-7-15)21-18(23(30)31)19(14-4-5-14)27-28(21)3/h6-11,14,20H,4-5H2,1-3H3/t20-/m0/s1. The van der Waals surface area contributed by atoms with Crippen LogP contribution >= 0.6 is 11.6 Å². The number of aromatic nitrogens is 5. The van der Waals surface area contributed by atoms with Gasteiger partial charge in [0.1, 0.15) is 11.9 Å². The molecule has 8 heteroatoms. The Hall–Kier alpha value is -3.19. The molecule has 1 amide bonds. The van der Waals surface area contributed by atoms with E-state index in [4.69, 9.17) is 16.7 Å². The molecule has 7 nitrogen and oxygen atoms in total. The monoisotopic (exact) mass is 432 g/mol. The molecule has 31 heavy (non-hydrogen) atoms. The highest BCUT2D eigenvalue weighted by Crippen LogP contribution is 2.48. The molecule has 4 aromatic rings. The Morgan fingerprint density at radius 3 is 2.55 bits per heavy atom. The molecule has 156 valence electrons. The van der Waals surface area contributed by atoms with E-state index in [9.17, 15) is 4.79 Å². The quantitative estimate of drug-likeness (QED) is 0.482. The van der Waals surface area contributed by atoms with E-state index in [1.807, 2.05) is 71.4 Å². The molecule has 0 saturated heterocycles. The van der Waals surface area contributed by atoms with Gasteiger partial charge in [-0.25, -0.2) is 0 Å². The number of amides is 1. The fraction of sp³-hybridized carbons (Fsp3) is 0.304. The highest BCUT2D eigenvalue weighted by Gasteiger charge is 2.46. The molecule has 0 unspecified atom stereocenters. The van der Waals surface area contributed by atoms with Gasteiger partial charge in [-0.3, -0.25) is 18.8 Å². The number of aryl methyl sites for hydroxylation is 3. The number of carbonyl (C=O) groups is 1. The number of hydrogen-bond donors (Lipinski definition) is 0. The summed E-state index contributed by atoms with van der Waals surface area (Å²) >= 11 is 6.16. The number of halogens is 1. The molecule has 4 heterocycles. The number of nitrogens with zero attached hydrogens (tertiary/aromatic N) is 6. The molecule has 0 spiro atoms. The van der Waals surface area contributed by atoms with Crippen LogP contribution < -0.4 is 4.90 Å². The molecule has 1 aliphatic heterocycles. The predicted octanol–water partition coefficient (Wildman–Crippen LogP) is 4.36. The maximum atomic E-state index is 13.9. The van der Waals surface area contributed by atoms with Gasteiger partial charge in [-0.1, -0.05) is 23.7 Å². The Morgan fingerprint density at radius 1 is 1.10 bits per heavy atom. The fourth-order valence-electron chi connectivity index (χ4n) is 4.69. The molecule has 1 fully saturated rings. The van der Waals surface area contributed by atoms with Gasteiger partial charge in [0.2, 0.25) is 0 Å². The lowest BCUT2D eigenvalue weighted by molar-refractivity contribution is 0.0992. The van der Waals surface area contributed by atoms with Crippen molar-refractivity contribution in [1.82, 2.24) is 24.4 Å². The molecule has 6 rings (SSSR count). The first-order chi connectivity index (χ1) is 14.9. The van der Waals surface area contributed by atoms with Crippen LogP contribution in [0.2, 0.25) is 5.02 Å². The van der Waals surface area contributed by atoms with Crippen molar-refractivity contribution in [2.45, 2.75) is 38.6 Å². The maximum absolute atomic E-state index is 13.9. The molecule has 0 bridgehead atoms. The van der Waals surface area contributed by atoms with Crippen molar-refractivity contribution in [3.8, 4) is 0 Å². The Morgan fingerprint density at radius 2 is 1.84 bits per heavy atom. The average Bonchev–Trinajstić information content (AvgIpc) is 3.35. The van der Waals surface area contributed by atoms with Gasteiger partial charge in [0, 0.05) is 24.2 Å². The Labute approximate surface area is 184 Å². The molecular weight excluding hydrogens is 412 g/mol. The summed E-state index contributed by atoms with van der Waals surface area (Å²) in [6.45, 7) is 3.91. The zero-order chi connectivity index (χ0) is 21.4. The van der Waals surface area contributed by atoms with Crippen molar-refractivity contribution in [2.75, 3.05) is 4.90 Å². The van der Waals surface area contributed by atoms with E-state index in [0.29, 0.717) is 10.9 Å². The number of fused-ring (bicyclic) bond motifs is 2. The van der Waals surface area contributed by atoms with E-state index in [1.54, 1.807) is 0 Å². The summed E-state index contributed by atoms with van der Waals surface area (Å²) in [5.41, 5.74) is 6.21. The highest BCUT2D eigenvalue weighted by molar-refractivity contribution is 6.30. The molecule has 1 aromatic carbocycles. The van der Waals surface area contributed by atoms with Gasteiger partial charge in [-0.05, 0) is 56.0 Å². The number of rotatable bonds is 3. The van der Waals surface area contributed by atoms with Gasteiger partial charge in [-0.15, -0.1) is 10.2 Å². The number of hydrogen-bond acceptors (Lipinski definition) is 4. The third kappa shape index (κ3) is 2.66. The van der Waals surface area contributed by atoms with E-state index in [1.165, 1.54) is 0 Å². The van der Waals surface area contributed by atoms with Crippen molar-refractivity contribution >= 4 is 28.8 Å². The van der Waals surface area contributed by atoms with Gasteiger partial charge in [0.15, 0.2) is 5.65 Å². The zero-order valence-electron chi connectivity index (χ0n) is 17.5. The molecule has 2 aliphatic rings. The predicted molar refractivity (Wildman–Crippen MR) is 118 cm³/mol. The minimum absolute atomic E-state index is 0.00516. The number of carbonyl (C=O) groups excluding carboxylic acids is 1. The van der Waals surface area contributed by atoms with Crippen LogP contribution in [-0.2, 0) is 7.05 Å². The van der Waals surface area contributed by atoms with Crippen molar-refractivity contribution in [3.63, 3.8) is 0 Å². The lowest BCUT2D eigenvalue weighted by atomic mass is 10.0. The fourth-order valence-corrected chi connectivity index (χ4v) is 4.82. The molecule has 0 N–H and O–H groups in total. The first-order valence-electron chi connectivity index (χ1n) is 10.4. The van der Waals surface area contributed by atoms with Crippen molar-refractivity contribution in [2.24, 2.45) is 7.05 Å². The Bertz CT molecular complexity index is 1370. The molecule has 1 aliphatic carbocycles. The van der Waals surface area contributed by atoms with E-state index >= 15 is 0 Å². The Balaban J connectivity index is 1.59. The van der Waals surface area contributed by atoms with Crippen molar-refractivity contribution in [1.29, 1.82) is 0 Å². The van der Waals surface area contributed by atoms with Crippen LogP contribution in [0.4, 0.5) is 5.69 Å². The molecule has 1 atom stereocenters. The number of pyridine rings is 1. The lowest BCUT2D eigenvalue weighted by Crippen LogP contribution is -2.30. The normalized spacial score (nSPS) is 18.3. The summed E-state index contributed by atoms with van der Waals surface area (Å²) in [5.74, 6) is 1.16. The zero-order valence-corrected chi connectivity index (χ0v) is 18.3. The maximum Gasteiger partial charge on any atom is 0.263 e. The second kappa shape index (κ2) is 6.40. The van der Waals surface area contributed by atoms with Crippen LogP contribution in [0.15, 0.2) is 36.5 Å². The van der Waals surface area contributed by atoms with E-state index < -0.39 is 0 Å². The van der Waals surface area contributed by atoms with Gasteiger partial charge in [-0.2, -0.15) is 5.10 Å². The first-order valence-corrected chi connectivity index (χ1v) is 10.8. The third-order valence-corrected chi connectivity index (χ3v) is 6.59. The SMILES string of the molecule is Cc1cc(N2C(=O)c3c(C4CC4)nn(C)c3[C@@H]2c2ccc(Cl)cc2)cn2c(C)nnc12. The Kier molecular flexibility index (Phi) is 3.84. The van der Waals surface area contributed by atoms with Crippen molar-refractivity contribution < 1.29 is 4.79 Å². The van der Waals surface area contributed by atoms with Crippen molar-refractivity contribution in [3.05, 3.63) is 75.5 Å². The molecule has 1 saturated carbocycles. The summed E-state index contributed by atoms with van der Waals surface area (Å²) in [7, 11) is 1.93. The van der Waals surface area contributed by atoms with E-state index in [-0.39, 0.29) is 11.9 Å². The minimum Gasteiger partial charge on any atom is -0.294 e. The van der Waals surface area contributed by atoms with Gasteiger partial charge >= 0.3 is 0 Å². The van der Waals surface area contributed by atoms with Gasteiger partial charge < -0.3 is 0 Å². The van der Waals surface area contributed by atoms with Crippen LogP contribution in [-0.4, -0.2) is 30.3 Å². The largest absolute Gasteiger partial charge is 0.294 e. The molecule has 0 radical (unpaired) electrons. The lowest BCUT2D eigenvalue weighted by Gasteiger charge is -2.27. The molecule has 3 aromatic heterocycles.